The van der Waals surface area contributed by atoms with Gasteiger partial charge in [-0.3, -0.25) is 14.0 Å². The van der Waals surface area contributed by atoms with E-state index < -0.39 is 10.8 Å². The SMILES string of the molecule is O=C(c1cccnc1)N1CCS(=O)c2ccccc21. The summed E-state index contributed by atoms with van der Waals surface area (Å²) >= 11 is 0. The average molecular weight is 272 g/mol. The fourth-order valence-corrected chi connectivity index (χ4v) is 3.34. The fraction of sp³-hybridized carbons (Fsp3) is 0.143. The van der Waals surface area contributed by atoms with E-state index in [1.54, 1.807) is 29.4 Å². The second-order valence-corrected chi connectivity index (χ2v) is 5.75. The van der Waals surface area contributed by atoms with Gasteiger partial charge in [-0.1, -0.05) is 12.1 Å². The number of aromatic nitrogens is 1. The van der Waals surface area contributed by atoms with Crippen molar-refractivity contribution >= 4 is 22.4 Å². The van der Waals surface area contributed by atoms with Gasteiger partial charge in [0.25, 0.3) is 5.91 Å². The molecule has 19 heavy (non-hydrogen) atoms. The monoisotopic (exact) mass is 272 g/mol. The number of para-hydroxylation sites is 1. The second kappa shape index (κ2) is 4.93. The number of hydrogen-bond acceptors (Lipinski definition) is 3. The molecule has 0 saturated heterocycles. The number of carbonyl (C=O) groups is 1. The summed E-state index contributed by atoms with van der Waals surface area (Å²) in [5.41, 5.74) is 1.28. The molecule has 4 nitrogen and oxygen atoms in total. The largest absolute Gasteiger partial charge is 0.306 e. The maximum Gasteiger partial charge on any atom is 0.259 e. The summed E-state index contributed by atoms with van der Waals surface area (Å²) in [6.45, 7) is 0.470. The third-order valence-corrected chi connectivity index (χ3v) is 4.44. The van der Waals surface area contributed by atoms with Crippen LogP contribution >= 0.6 is 0 Å². The predicted molar refractivity (Wildman–Crippen MR) is 73.6 cm³/mol. The molecule has 96 valence electrons. The Labute approximate surface area is 113 Å². The zero-order valence-electron chi connectivity index (χ0n) is 10.2. The Kier molecular flexibility index (Phi) is 3.13. The molecule has 0 saturated carbocycles. The molecular weight excluding hydrogens is 260 g/mol. The van der Waals surface area contributed by atoms with Gasteiger partial charge in [-0.15, -0.1) is 0 Å². The van der Waals surface area contributed by atoms with Crippen molar-refractivity contribution in [2.24, 2.45) is 0 Å². The topological polar surface area (TPSA) is 50.3 Å². The summed E-state index contributed by atoms with van der Waals surface area (Å²) in [6, 6.07) is 10.8. The summed E-state index contributed by atoms with van der Waals surface area (Å²) in [7, 11) is -1.02. The number of nitrogens with zero attached hydrogens (tertiary/aromatic N) is 2. The van der Waals surface area contributed by atoms with Gasteiger partial charge in [-0.05, 0) is 24.3 Å². The van der Waals surface area contributed by atoms with Crippen molar-refractivity contribution < 1.29 is 9.00 Å². The zero-order valence-corrected chi connectivity index (χ0v) is 11.0. The Hall–Kier alpha value is -2.01. The zero-order chi connectivity index (χ0) is 13.2. The maximum absolute atomic E-state index is 12.5. The number of hydrogen-bond donors (Lipinski definition) is 0. The van der Waals surface area contributed by atoms with E-state index in [0.29, 0.717) is 17.9 Å². The lowest BCUT2D eigenvalue weighted by molar-refractivity contribution is 0.0987. The normalized spacial score (nSPS) is 17.9. The molecule has 1 atom stereocenters. The quantitative estimate of drug-likeness (QED) is 0.796. The highest BCUT2D eigenvalue weighted by molar-refractivity contribution is 7.85. The van der Waals surface area contributed by atoms with Gasteiger partial charge in [0.2, 0.25) is 0 Å². The van der Waals surface area contributed by atoms with Crippen molar-refractivity contribution in [3.63, 3.8) is 0 Å². The number of fused-ring (bicyclic) bond motifs is 1. The lowest BCUT2D eigenvalue weighted by Gasteiger charge is -2.28. The number of amides is 1. The summed E-state index contributed by atoms with van der Waals surface area (Å²) in [5, 5.41) is 0. The Morgan fingerprint density at radius 3 is 2.84 bits per heavy atom. The molecule has 1 aromatic carbocycles. The van der Waals surface area contributed by atoms with Gasteiger partial charge in [0.05, 0.1) is 26.9 Å². The van der Waals surface area contributed by atoms with Crippen molar-refractivity contribution in [1.29, 1.82) is 0 Å². The van der Waals surface area contributed by atoms with E-state index in [2.05, 4.69) is 4.98 Å². The average Bonchev–Trinajstić information content (AvgIpc) is 2.48. The lowest BCUT2D eigenvalue weighted by atomic mass is 10.2. The van der Waals surface area contributed by atoms with Crippen LogP contribution in [-0.2, 0) is 10.8 Å². The van der Waals surface area contributed by atoms with Crippen LogP contribution in [0.2, 0.25) is 0 Å². The van der Waals surface area contributed by atoms with E-state index in [4.69, 9.17) is 0 Å². The van der Waals surface area contributed by atoms with Crippen LogP contribution in [0.5, 0.6) is 0 Å². The van der Waals surface area contributed by atoms with Crippen LogP contribution in [0.4, 0.5) is 5.69 Å². The lowest BCUT2D eigenvalue weighted by Crippen LogP contribution is -2.38. The number of carbonyl (C=O) groups excluding carboxylic acids is 1. The molecule has 0 fully saturated rings. The fourth-order valence-electron chi connectivity index (χ4n) is 2.13. The Bertz CT molecular complexity index is 643. The van der Waals surface area contributed by atoms with E-state index in [9.17, 15) is 9.00 Å². The third kappa shape index (κ3) is 2.17. The molecule has 3 rings (SSSR count). The molecule has 0 bridgehead atoms. The third-order valence-electron chi connectivity index (χ3n) is 3.06. The summed E-state index contributed by atoms with van der Waals surface area (Å²) < 4.78 is 12.0. The molecule has 0 spiro atoms. The van der Waals surface area contributed by atoms with Gasteiger partial charge in [0, 0.05) is 24.7 Å². The van der Waals surface area contributed by atoms with Crippen LogP contribution in [0.15, 0.2) is 53.7 Å². The molecule has 2 heterocycles. The van der Waals surface area contributed by atoms with Crippen LogP contribution in [0.1, 0.15) is 10.4 Å². The van der Waals surface area contributed by atoms with E-state index in [1.165, 1.54) is 0 Å². The van der Waals surface area contributed by atoms with Crippen molar-refractivity contribution in [2.75, 3.05) is 17.2 Å². The number of rotatable bonds is 1. The van der Waals surface area contributed by atoms with Gasteiger partial charge in [-0.25, -0.2) is 0 Å². The Balaban J connectivity index is 2.02. The van der Waals surface area contributed by atoms with Gasteiger partial charge in [0.15, 0.2) is 0 Å². The van der Waals surface area contributed by atoms with Gasteiger partial charge in [0.1, 0.15) is 0 Å². The molecule has 0 aliphatic carbocycles. The molecular formula is C14H12N2O2S. The van der Waals surface area contributed by atoms with Crippen LogP contribution in [0.3, 0.4) is 0 Å². The van der Waals surface area contributed by atoms with E-state index in [-0.39, 0.29) is 5.91 Å². The highest BCUT2D eigenvalue weighted by Gasteiger charge is 2.26. The first-order valence-electron chi connectivity index (χ1n) is 5.96. The molecule has 1 aliphatic heterocycles. The number of anilines is 1. The van der Waals surface area contributed by atoms with Crippen LogP contribution < -0.4 is 4.90 Å². The van der Waals surface area contributed by atoms with E-state index in [0.717, 1.165) is 10.6 Å². The van der Waals surface area contributed by atoms with E-state index >= 15 is 0 Å². The minimum absolute atomic E-state index is 0.0998. The van der Waals surface area contributed by atoms with Crippen LogP contribution in [0, 0.1) is 0 Å². The minimum atomic E-state index is -1.02. The molecule has 1 amide bonds. The van der Waals surface area contributed by atoms with Crippen molar-refractivity contribution in [2.45, 2.75) is 4.90 Å². The smallest absolute Gasteiger partial charge is 0.259 e. The predicted octanol–water partition coefficient (Wildman–Crippen LogP) is 1.85. The standard InChI is InChI=1S/C14H12N2O2S/c17-14(11-4-3-7-15-10-11)16-8-9-19(18)13-6-2-1-5-12(13)16/h1-7,10H,8-9H2. The van der Waals surface area contributed by atoms with Gasteiger partial charge in [-0.2, -0.15) is 0 Å². The van der Waals surface area contributed by atoms with Crippen molar-refractivity contribution in [3.05, 3.63) is 54.4 Å². The molecule has 1 unspecified atom stereocenters. The van der Waals surface area contributed by atoms with Crippen LogP contribution in [0.25, 0.3) is 0 Å². The Morgan fingerprint density at radius 2 is 2.05 bits per heavy atom. The number of pyridine rings is 1. The highest BCUT2D eigenvalue weighted by Crippen LogP contribution is 2.28. The van der Waals surface area contributed by atoms with Gasteiger partial charge < -0.3 is 4.90 Å². The summed E-state index contributed by atoms with van der Waals surface area (Å²) in [5.74, 6) is 0.375. The first-order chi connectivity index (χ1) is 9.27. The summed E-state index contributed by atoms with van der Waals surface area (Å²) in [6.07, 6.45) is 3.19. The molecule has 0 radical (unpaired) electrons. The summed E-state index contributed by atoms with van der Waals surface area (Å²) in [4.78, 5) is 18.8. The van der Waals surface area contributed by atoms with Crippen molar-refractivity contribution in [3.8, 4) is 0 Å². The first-order valence-corrected chi connectivity index (χ1v) is 7.28. The molecule has 2 aromatic rings. The highest BCUT2D eigenvalue weighted by atomic mass is 32.2. The van der Waals surface area contributed by atoms with Crippen molar-refractivity contribution in [1.82, 2.24) is 4.98 Å². The maximum atomic E-state index is 12.5. The van der Waals surface area contributed by atoms with Gasteiger partial charge >= 0.3 is 0 Å². The number of benzene rings is 1. The molecule has 0 N–H and O–H groups in total. The molecule has 1 aliphatic rings. The first kappa shape index (κ1) is 12.0. The second-order valence-electron chi connectivity index (χ2n) is 4.22. The Morgan fingerprint density at radius 1 is 1.21 bits per heavy atom. The minimum Gasteiger partial charge on any atom is -0.306 e. The van der Waals surface area contributed by atoms with Crippen LogP contribution in [-0.4, -0.2) is 27.4 Å². The van der Waals surface area contributed by atoms with E-state index in [1.807, 2.05) is 24.3 Å². The molecule has 1 aromatic heterocycles. The molecule has 5 heteroatoms.